The third kappa shape index (κ3) is 6.05. The highest BCUT2D eigenvalue weighted by Gasteiger charge is 2.30. The van der Waals surface area contributed by atoms with E-state index in [4.69, 9.17) is 0 Å². The first kappa shape index (κ1) is 18.0. The highest BCUT2D eigenvalue weighted by molar-refractivity contribution is 4.92. The summed E-state index contributed by atoms with van der Waals surface area (Å²) in [5.41, 5.74) is 0. The molecule has 2 fully saturated rings. The van der Waals surface area contributed by atoms with Crippen LogP contribution in [0.1, 0.15) is 90.4 Å². The molecule has 0 bridgehead atoms. The van der Waals surface area contributed by atoms with E-state index >= 15 is 0 Å². The second-order valence-corrected chi connectivity index (χ2v) is 7.86. The Bertz CT molecular complexity index is 293. The van der Waals surface area contributed by atoms with E-state index in [0.29, 0.717) is 6.42 Å². The van der Waals surface area contributed by atoms with Crippen molar-refractivity contribution in [2.24, 2.45) is 23.7 Å². The molecule has 0 aromatic heterocycles. The molecule has 0 N–H and O–H groups in total. The molecule has 0 unspecified atom stereocenters. The van der Waals surface area contributed by atoms with Gasteiger partial charge < -0.3 is 0 Å². The van der Waals surface area contributed by atoms with Crippen LogP contribution >= 0.6 is 0 Å². The first-order valence-corrected chi connectivity index (χ1v) is 10.1. The van der Waals surface area contributed by atoms with Gasteiger partial charge in [0.15, 0.2) is 0 Å². The molecule has 0 atom stereocenters. The Morgan fingerprint density at radius 2 is 1.50 bits per heavy atom. The molecule has 1 heteroatoms. The molecular weight excluding hydrogens is 271 g/mol. The monoisotopic (exact) mass is 308 g/mol. The fourth-order valence-corrected chi connectivity index (χ4v) is 4.79. The molecule has 2 aliphatic carbocycles. The van der Waals surface area contributed by atoms with Crippen molar-refractivity contribution in [3.8, 4) is 0 Å². The summed E-state index contributed by atoms with van der Waals surface area (Å²) in [4.78, 5) is 0. The van der Waals surface area contributed by atoms with Crippen LogP contribution in [0.15, 0.2) is 12.2 Å². The third-order valence-corrected chi connectivity index (χ3v) is 6.27. The van der Waals surface area contributed by atoms with E-state index in [-0.39, 0.29) is 6.67 Å². The summed E-state index contributed by atoms with van der Waals surface area (Å²) in [7, 11) is 0. The molecule has 2 rings (SSSR count). The fourth-order valence-electron chi connectivity index (χ4n) is 4.79. The second kappa shape index (κ2) is 10.4. The zero-order valence-corrected chi connectivity index (χ0v) is 14.7. The molecule has 2 aliphatic rings. The Labute approximate surface area is 138 Å². The molecule has 128 valence electrons. The number of unbranched alkanes of at least 4 members (excludes halogenated alkanes) is 2. The van der Waals surface area contributed by atoms with Crippen molar-refractivity contribution >= 4 is 0 Å². The highest BCUT2D eigenvalue weighted by Crippen LogP contribution is 2.42. The van der Waals surface area contributed by atoms with Crippen molar-refractivity contribution in [2.75, 3.05) is 6.67 Å². The van der Waals surface area contributed by atoms with Gasteiger partial charge in [-0.3, -0.25) is 4.39 Å². The summed E-state index contributed by atoms with van der Waals surface area (Å²) in [6.45, 7) is 2.10. The van der Waals surface area contributed by atoms with Crippen LogP contribution in [0.25, 0.3) is 0 Å². The number of alkyl halides is 1. The van der Waals surface area contributed by atoms with E-state index in [9.17, 15) is 4.39 Å². The Balaban J connectivity index is 1.62. The molecular formula is C21H37F. The number of halogens is 1. The van der Waals surface area contributed by atoms with Crippen LogP contribution in [0, 0.1) is 23.7 Å². The minimum absolute atomic E-state index is 0.201. The highest BCUT2D eigenvalue weighted by atomic mass is 19.1. The van der Waals surface area contributed by atoms with Crippen LogP contribution in [0.5, 0.6) is 0 Å². The zero-order valence-electron chi connectivity index (χ0n) is 14.7. The third-order valence-electron chi connectivity index (χ3n) is 6.27. The van der Waals surface area contributed by atoms with E-state index in [2.05, 4.69) is 19.1 Å². The van der Waals surface area contributed by atoms with E-state index < -0.39 is 0 Å². The molecule has 0 nitrogen and oxygen atoms in total. The summed E-state index contributed by atoms with van der Waals surface area (Å²) in [5, 5.41) is 0. The molecule has 0 radical (unpaired) electrons. The van der Waals surface area contributed by atoms with E-state index in [1.54, 1.807) is 0 Å². The molecule has 0 aromatic rings. The maximum atomic E-state index is 12.1. The average Bonchev–Trinajstić information content (AvgIpc) is 2.57. The zero-order chi connectivity index (χ0) is 15.6. The van der Waals surface area contributed by atoms with Gasteiger partial charge in [-0.25, -0.2) is 0 Å². The summed E-state index contributed by atoms with van der Waals surface area (Å²) in [6, 6.07) is 0. The predicted molar refractivity (Wildman–Crippen MR) is 94.8 cm³/mol. The molecule has 0 saturated heterocycles. The van der Waals surface area contributed by atoms with Crippen LogP contribution in [-0.4, -0.2) is 6.67 Å². The maximum absolute atomic E-state index is 12.1. The van der Waals surface area contributed by atoms with Gasteiger partial charge in [-0.2, -0.15) is 0 Å². The molecule has 0 heterocycles. The molecule has 0 aliphatic heterocycles. The maximum Gasteiger partial charge on any atom is 0.0928 e. The Hall–Kier alpha value is -0.330. The summed E-state index contributed by atoms with van der Waals surface area (Å²) in [6.07, 6.45) is 22.3. The largest absolute Gasteiger partial charge is 0.251 e. The van der Waals surface area contributed by atoms with Gasteiger partial charge in [0.1, 0.15) is 0 Å². The first-order chi connectivity index (χ1) is 10.8. The minimum Gasteiger partial charge on any atom is -0.251 e. The summed E-state index contributed by atoms with van der Waals surface area (Å²) < 4.78 is 12.1. The molecule has 2 saturated carbocycles. The lowest BCUT2D eigenvalue weighted by Gasteiger charge is -2.37. The Morgan fingerprint density at radius 1 is 0.864 bits per heavy atom. The van der Waals surface area contributed by atoms with Gasteiger partial charge in [-0.1, -0.05) is 57.6 Å². The fraction of sp³-hybridized carbons (Fsp3) is 0.905. The number of rotatable bonds is 8. The average molecular weight is 309 g/mol. The van der Waals surface area contributed by atoms with Gasteiger partial charge in [-0.15, -0.1) is 0 Å². The van der Waals surface area contributed by atoms with E-state index in [1.165, 1.54) is 77.0 Å². The Kier molecular flexibility index (Phi) is 8.55. The first-order valence-electron chi connectivity index (χ1n) is 10.1. The Morgan fingerprint density at radius 3 is 2.09 bits per heavy atom. The molecule has 0 amide bonds. The topological polar surface area (TPSA) is 0 Å². The van der Waals surface area contributed by atoms with E-state index in [0.717, 1.165) is 23.7 Å². The summed E-state index contributed by atoms with van der Waals surface area (Å²) in [5.74, 6) is 3.82. The lowest BCUT2D eigenvalue weighted by atomic mass is 9.68. The summed E-state index contributed by atoms with van der Waals surface area (Å²) >= 11 is 0. The number of allylic oxidation sites excluding steroid dienone is 2. The van der Waals surface area contributed by atoms with Gasteiger partial charge in [0, 0.05) is 0 Å². The van der Waals surface area contributed by atoms with Crippen molar-refractivity contribution in [3.63, 3.8) is 0 Å². The van der Waals surface area contributed by atoms with Gasteiger partial charge in [-0.05, 0) is 68.6 Å². The molecule has 0 spiro atoms. The second-order valence-electron chi connectivity index (χ2n) is 7.86. The van der Waals surface area contributed by atoms with Crippen molar-refractivity contribution in [1.29, 1.82) is 0 Å². The van der Waals surface area contributed by atoms with Crippen molar-refractivity contribution in [2.45, 2.75) is 90.4 Å². The van der Waals surface area contributed by atoms with E-state index in [1.807, 2.05) is 0 Å². The van der Waals surface area contributed by atoms with Crippen LogP contribution in [0.2, 0.25) is 0 Å². The van der Waals surface area contributed by atoms with Crippen molar-refractivity contribution in [3.05, 3.63) is 12.2 Å². The van der Waals surface area contributed by atoms with Crippen molar-refractivity contribution in [1.82, 2.24) is 0 Å². The van der Waals surface area contributed by atoms with Crippen LogP contribution in [0.3, 0.4) is 0 Å². The standard InChI is InChI=1S/C21H37F/c1-2-3-4-7-18-9-13-20(14-10-18)21-15-11-19(12-16-21)8-5-6-17-22/h5,8,18-21H,2-4,6-7,9-17H2,1H3/t18-,19-,20-,21-. The smallest absolute Gasteiger partial charge is 0.0928 e. The van der Waals surface area contributed by atoms with Crippen LogP contribution in [-0.2, 0) is 0 Å². The van der Waals surface area contributed by atoms with Gasteiger partial charge >= 0.3 is 0 Å². The van der Waals surface area contributed by atoms with Gasteiger partial charge in [0.25, 0.3) is 0 Å². The quantitative estimate of drug-likeness (QED) is 0.331. The SMILES string of the molecule is CCCCC[C@H]1CC[C@H]([C@H]2CC[C@H](C=CCCF)CC2)CC1. The van der Waals surface area contributed by atoms with Gasteiger partial charge in [0.05, 0.1) is 6.67 Å². The number of hydrogen-bond acceptors (Lipinski definition) is 0. The molecule has 0 aromatic carbocycles. The predicted octanol–water partition coefficient (Wildman–Crippen LogP) is 7.10. The normalized spacial score (nSPS) is 33.4. The van der Waals surface area contributed by atoms with Gasteiger partial charge in [0.2, 0.25) is 0 Å². The van der Waals surface area contributed by atoms with Crippen LogP contribution in [0.4, 0.5) is 4.39 Å². The molecule has 22 heavy (non-hydrogen) atoms. The lowest BCUT2D eigenvalue weighted by molar-refractivity contribution is 0.151. The van der Waals surface area contributed by atoms with Crippen molar-refractivity contribution < 1.29 is 4.39 Å². The minimum atomic E-state index is -0.201. The van der Waals surface area contributed by atoms with Crippen LogP contribution < -0.4 is 0 Å². The number of hydrogen-bond donors (Lipinski definition) is 0. The lowest BCUT2D eigenvalue weighted by Crippen LogP contribution is -2.25.